The van der Waals surface area contributed by atoms with E-state index in [1.54, 1.807) is 11.0 Å². The summed E-state index contributed by atoms with van der Waals surface area (Å²) in [6.07, 6.45) is 1.83. The van der Waals surface area contributed by atoms with Gasteiger partial charge in [-0.1, -0.05) is 72.8 Å². The third-order valence-electron chi connectivity index (χ3n) is 6.03. The zero-order valence-electron chi connectivity index (χ0n) is 22.5. The molecular formula is C33H29N3O4S. The van der Waals surface area contributed by atoms with E-state index >= 15 is 0 Å². The molecule has 5 rings (SSSR count). The molecule has 41 heavy (non-hydrogen) atoms. The second kappa shape index (κ2) is 13.5. The lowest BCUT2D eigenvalue weighted by Gasteiger charge is -2.15. The minimum atomic E-state index is -0.276. The fraction of sp³-hybridized carbons (Fsp3) is 0.121. The van der Waals surface area contributed by atoms with Crippen LogP contribution in [0.3, 0.4) is 0 Å². The molecule has 1 heterocycles. The fourth-order valence-electron chi connectivity index (χ4n) is 4.12. The Bertz CT molecular complexity index is 1560. The molecule has 4 aromatic carbocycles. The van der Waals surface area contributed by atoms with Crippen LogP contribution in [0.4, 0.5) is 11.4 Å². The molecule has 1 saturated heterocycles. The number of anilines is 1. The maximum atomic E-state index is 13.6. The van der Waals surface area contributed by atoms with Gasteiger partial charge in [0.05, 0.1) is 23.7 Å². The van der Waals surface area contributed by atoms with Gasteiger partial charge in [-0.25, -0.2) is 4.99 Å². The van der Waals surface area contributed by atoms with Crippen molar-refractivity contribution in [3.63, 3.8) is 0 Å². The van der Waals surface area contributed by atoms with Crippen LogP contribution in [0.5, 0.6) is 11.5 Å². The Morgan fingerprint density at radius 2 is 1.56 bits per heavy atom. The quantitative estimate of drug-likeness (QED) is 0.212. The number of ether oxygens (including phenoxy) is 2. The molecule has 0 unspecified atom stereocenters. The highest BCUT2D eigenvalue weighted by molar-refractivity contribution is 8.18. The van der Waals surface area contributed by atoms with Crippen LogP contribution in [0, 0.1) is 0 Å². The normalized spacial score (nSPS) is 14.9. The summed E-state index contributed by atoms with van der Waals surface area (Å²) >= 11 is 1.34. The minimum Gasteiger partial charge on any atom is -0.490 e. The molecule has 0 aliphatic carbocycles. The minimum absolute atomic E-state index is 0.121. The average molecular weight is 564 g/mol. The monoisotopic (exact) mass is 563 g/mol. The Morgan fingerprint density at radius 1 is 0.878 bits per heavy atom. The van der Waals surface area contributed by atoms with Gasteiger partial charge in [0.25, 0.3) is 11.8 Å². The maximum absolute atomic E-state index is 13.6. The van der Waals surface area contributed by atoms with Gasteiger partial charge in [0.1, 0.15) is 0 Å². The molecule has 1 N–H and O–H groups in total. The smallest absolute Gasteiger partial charge is 0.267 e. The zero-order chi connectivity index (χ0) is 28.4. The second-order valence-corrected chi connectivity index (χ2v) is 10.1. The van der Waals surface area contributed by atoms with Crippen molar-refractivity contribution < 1.29 is 19.1 Å². The van der Waals surface area contributed by atoms with Gasteiger partial charge in [0.2, 0.25) is 0 Å². The lowest BCUT2D eigenvalue weighted by Crippen LogP contribution is -2.28. The van der Waals surface area contributed by atoms with Crippen LogP contribution in [0.2, 0.25) is 0 Å². The first kappa shape index (κ1) is 27.7. The molecular weight excluding hydrogens is 534 g/mol. The van der Waals surface area contributed by atoms with Gasteiger partial charge in [0, 0.05) is 5.69 Å². The van der Waals surface area contributed by atoms with E-state index < -0.39 is 0 Å². The Kier molecular flexibility index (Phi) is 9.13. The van der Waals surface area contributed by atoms with E-state index in [1.165, 1.54) is 11.8 Å². The predicted octanol–water partition coefficient (Wildman–Crippen LogP) is 6.91. The lowest BCUT2D eigenvalue weighted by atomic mass is 10.1. The number of thioether (sulfide) groups is 1. The zero-order valence-corrected chi connectivity index (χ0v) is 23.3. The van der Waals surface area contributed by atoms with Gasteiger partial charge < -0.3 is 14.8 Å². The molecule has 0 aromatic heterocycles. The summed E-state index contributed by atoms with van der Waals surface area (Å²) in [7, 11) is 0. The number of nitrogens with one attached hydrogen (secondary N) is 1. The van der Waals surface area contributed by atoms with Crippen molar-refractivity contribution in [2.45, 2.75) is 13.5 Å². The summed E-state index contributed by atoms with van der Waals surface area (Å²) in [6, 6.07) is 34.0. The van der Waals surface area contributed by atoms with Crippen LogP contribution in [0.1, 0.15) is 18.1 Å². The molecule has 0 radical (unpaired) electrons. The molecule has 1 aliphatic heterocycles. The maximum Gasteiger partial charge on any atom is 0.267 e. The van der Waals surface area contributed by atoms with Crippen LogP contribution in [0.15, 0.2) is 119 Å². The topological polar surface area (TPSA) is 80.2 Å². The summed E-state index contributed by atoms with van der Waals surface area (Å²) in [5.41, 5.74) is 3.26. The third kappa shape index (κ3) is 7.43. The highest BCUT2D eigenvalue weighted by Gasteiger charge is 2.33. The molecule has 0 spiro atoms. The van der Waals surface area contributed by atoms with Gasteiger partial charge in [-0.3, -0.25) is 14.5 Å². The molecule has 4 aromatic rings. The number of nitrogens with zero attached hydrogens (tertiary/aromatic N) is 2. The molecule has 1 aliphatic rings. The Morgan fingerprint density at radius 3 is 2.27 bits per heavy atom. The van der Waals surface area contributed by atoms with E-state index in [-0.39, 0.29) is 18.4 Å². The van der Waals surface area contributed by atoms with Gasteiger partial charge in [-0.2, -0.15) is 0 Å². The fourth-order valence-corrected chi connectivity index (χ4v) is 5.12. The van der Waals surface area contributed by atoms with Gasteiger partial charge >= 0.3 is 0 Å². The summed E-state index contributed by atoms with van der Waals surface area (Å²) in [5, 5.41) is 3.42. The molecule has 2 amide bonds. The standard InChI is InChI=1S/C33H29N3O4S/c1-2-39-29-20-25(18-19-28(29)40-23-31(37)34-26-14-8-4-9-15-26)21-30-32(38)36(22-24-12-6-3-7-13-24)33(41-30)35-27-16-10-5-11-17-27/h3-21H,2,22-23H2,1H3,(H,34,37)/b30-21+,35-33?. The molecule has 7 nitrogen and oxygen atoms in total. The molecule has 0 saturated carbocycles. The van der Waals surface area contributed by atoms with E-state index in [0.717, 1.165) is 16.8 Å². The van der Waals surface area contributed by atoms with E-state index in [1.807, 2.05) is 116 Å². The van der Waals surface area contributed by atoms with E-state index in [2.05, 4.69) is 5.32 Å². The number of para-hydroxylation sites is 2. The summed E-state index contributed by atoms with van der Waals surface area (Å²) in [5.74, 6) is 0.537. The molecule has 0 atom stereocenters. The Hall–Kier alpha value is -4.82. The highest BCUT2D eigenvalue weighted by Crippen LogP contribution is 2.36. The number of aliphatic imine (C=N–C) groups is 1. The van der Waals surface area contributed by atoms with E-state index in [9.17, 15) is 9.59 Å². The van der Waals surface area contributed by atoms with Gasteiger partial charge in [-0.15, -0.1) is 0 Å². The number of amides is 2. The van der Waals surface area contributed by atoms with Crippen molar-refractivity contribution in [1.29, 1.82) is 0 Å². The first-order valence-electron chi connectivity index (χ1n) is 13.2. The largest absolute Gasteiger partial charge is 0.490 e. The van der Waals surface area contributed by atoms with Crippen molar-refractivity contribution in [2.75, 3.05) is 18.5 Å². The second-order valence-electron chi connectivity index (χ2n) is 9.06. The van der Waals surface area contributed by atoms with Crippen LogP contribution >= 0.6 is 11.8 Å². The Balaban J connectivity index is 1.36. The van der Waals surface area contributed by atoms with E-state index in [4.69, 9.17) is 14.5 Å². The third-order valence-corrected chi connectivity index (χ3v) is 7.04. The van der Waals surface area contributed by atoms with Gasteiger partial charge in [0.15, 0.2) is 23.3 Å². The van der Waals surface area contributed by atoms with Crippen molar-refractivity contribution in [1.82, 2.24) is 4.90 Å². The van der Waals surface area contributed by atoms with Crippen molar-refractivity contribution >= 4 is 46.2 Å². The Labute approximate surface area is 243 Å². The molecule has 206 valence electrons. The molecule has 8 heteroatoms. The number of benzene rings is 4. The van der Waals surface area contributed by atoms with Crippen LogP contribution in [-0.4, -0.2) is 35.1 Å². The summed E-state index contributed by atoms with van der Waals surface area (Å²) < 4.78 is 11.6. The van der Waals surface area contributed by atoms with Crippen molar-refractivity contribution in [3.8, 4) is 11.5 Å². The van der Waals surface area contributed by atoms with Gasteiger partial charge in [-0.05, 0) is 72.3 Å². The highest BCUT2D eigenvalue weighted by atomic mass is 32.2. The lowest BCUT2D eigenvalue weighted by molar-refractivity contribution is -0.122. The first-order chi connectivity index (χ1) is 20.1. The van der Waals surface area contributed by atoms with Crippen LogP contribution in [-0.2, 0) is 16.1 Å². The SMILES string of the molecule is CCOc1cc(/C=C2/SC(=Nc3ccccc3)N(Cc3ccccc3)C2=O)ccc1OCC(=O)Nc1ccccc1. The first-order valence-corrected chi connectivity index (χ1v) is 14.0. The molecule has 0 bridgehead atoms. The number of hydrogen-bond donors (Lipinski definition) is 1. The number of amidine groups is 1. The van der Waals surface area contributed by atoms with E-state index in [0.29, 0.717) is 40.4 Å². The average Bonchev–Trinajstić information content (AvgIpc) is 3.27. The summed E-state index contributed by atoms with van der Waals surface area (Å²) in [6.45, 7) is 2.54. The van der Waals surface area contributed by atoms with Crippen molar-refractivity contribution in [2.24, 2.45) is 4.99 Å². The van der Waals surface area contributed by atoms with Crippen molar-refractivity contribution in [3.05, 3.63) is 125 Å². The number of carbonyl (C=O) groups excluding carboxylic acids is 2. The number of rotatable bonds is 10. The van der Waals surface area contributed by atoms with Crippen LogP contribution < -0.4 is 14.8 Å². The predicted molar refractivity (Wildman–Crippen MR) is 164 cm³/mol. The summed E-state index contributed by atoms with van der Waals surface area (Å²) in [4.78, 5) is 33.0. The van der Waals surface area contributed by atoms with Crippen LogP contribution in [0.25, 0.3) is 6.08 Å². The number of hydrogen-bond acceptors (Lipinski definition) is 6. The number of carbonyl (C=O) groups is 2. The molecule has 1 fully saturated rings.